The lowest BCUT2D eigenvalue weighted by Gasteiger charge is -2.13. The minimum Gasteiger partial charge on any atom is -0.462 e. The number of hydrogen-bond acceptors (Lipinski definition) is 5. The summed E-state index contributed by atoms with van der Waals surface area (Å²) in [5.74, 6) is -0.262. The second kappa shape index (κ2) is 9.07. The number of carbonyl (C=O) groups is 1. The minimum atomic E-state index is -0.262. The topological polar surface area (TPSA) is 48.0 Å². The lowest BCUT2D eigenvalue weighted by molar-refractivity contribution is -0.146. The van der Waals surface area contributed by atoms with Gasteiger partial charge in [-0.15, -0.1) is 0 Å². The Kier molecular flexibility index (Phi) is 9.59. The first-order valence-corrected chi connectivity index (χ1v) is 5.67. The lowest BCUT2D eigenvalue weighted by atomic mass is 10.4. The molecule has 84 valence electrons. The normalized spacial score (nSPS) is 12.9. The molecule has 0 aromatic rings. The van der Waals surface area contributed by atoms with Gasteiger partial charge in [-0.1, -0.05) is 0 Å². The molecule has 14 heavy (non-hydrogen) atoms. The molecule has 0 aliphatic carbocycles. The summed E-state index contributed by atoms with van der Waals surface area (Å²) in [6.07, 6.45) is -0.210. The average molecular weight is 429 g/mol. The number of carbonyl (C=O) groups excluding carboxylic acids is 1. The molecule has 0 saturated carbocycles. The van der Waals surface area contributed by atoms with Crippen molar-refractivity contribution >= 4 is 52.0 Å². The Balaban J connectivity index is 3.62. The van der Waals surface area contributed by atoms with E-state index in [2.05, 4.69) is 0 Å². The highest BCUT2D eigenvalue weighted by molar-refractivity contribution is 14.1. The quantitative estimate of drug-likeness (QED) is 0.450. The first kappa shape index (κ1) is 14.8. The van der Waals surface area contributed by atoms with Crippen molar-refractivity contribution < 1.29 is 15.7 Å². The molecule has 0 aromatic carbocycles. The zero-order chi connectivity index (χ0) is 11.0. The van der Waals surface area contributed by atoms with Crippen LogP contribution in [0.25, 0.3) is 0 Å². The molecule has 0 aliphatic rings. The fourth-order valence-corrected chi connectivity index (χ4v) is 1.35. The number of hydrogen-bond donors (Lipinski definition) is 0. The van der Waals surface area contributed by atoms with E-state index >= 15 is 0 Å². The summed E-state index contributed by atoms with van der Waals surface area (Å²) in [4.78, 5) is 12.9. The van der Waals surface area contributed by atoms with Crippen molar-refractivity contribution in [2.75, 3.05) is 33.9 Å². The van der Waals surface area contributed by atoms with Gasteiger partial charge in [-0.05, 0) is 14.1 Å². The van der Waals surface area contributed by atoms with Gasteiger partial charge in [0, 0.05) is 0 Å². The van der Waals surface area contributed by atoms with Crippen molar-refractivity contribution in [2.24, 2.45) is 0 Å². The molecule has 5 nitrogen and oxygen atoms in total. The van der Waals surface area contributed by atoms with Gasteiger partial charge < -0.3 is 10.9 Å². The SMILES string of the molecule is CN(C)CC(=O)OCC(COI)OI. The molecule has 7 heteroatoms. The maximum atomic E-state index is 11.1. The number of esters is 1. The predicted molar refractivity (Wildman–Crippen MR) is 68.4 cm³/mol. The van der Waals surface area contributed by atoms with E-state index in [1.165, 1.54) is 0 Å². The van der Waals surface area contributed by atoms with E-state index in [9.17, 15) is 4.79 Å². The molecule has 0 amide bonds. The molecule has 0 heterocycles. The smallest absolute Gasteiger partial charge is 0.320 e. The minimum absolute atomic E-state index is 0.210. The fraction of sp³-hybridized carbons (Fsp3) is 0.857. The lowest BCUT2D eigenvalue weighted by Crippen LogP contribution is -2.28. The van der Waals surface area contributed by atoms with Crippen LogP contribution in [0.1, 0.15) is 0 Å². The monoisotopic (exact) mass is 429 g/mol. The van der Waals surface area contributed by atoms with Crippen molar-refractivity contribution in [3.63, 3.8) is 0 Å². The molecule has 1 atom stereocenters. The third kappa shape index (κ3) is 8.15. The predicted octanol–water partition coefficient (Wildman–Crippen LogP) is 1.19. The highest BCUT2D eigenvalue weighted by Gasteiger charge is 2.12. The Morgan fingerprint density at radius 3 is 2.43 bits per heavy atom. The summed E-state index contributed by atoms with van der Waals surface area (Å²) < 4.78 is 14.8. The average Bonchev–Trinajstić information content (AvgIpc) is 2.11. The number of nitrogens with zero attached hydrogens (tertiary/aromatic N) is 1. The van der Waals surface area contributed by atoms with Gasteiger partial charge in [0.1, 0.15) is 58.7 Å². The number of ether oxygens (including phenoxy) is 1. The van der Waals surface area contributed by atoms with Gasteiger partial charge in [0.25, 0.3) is 0 Å². The van der Waals surface area contributed by atoms with Crippen molar-refractivity contribution in [1.82, 2.24) is 4.90 Å². The van der Waals surface area contributed by atoms with E-state index in [0.717, 1.165) is 0 Å². The molecule has 0 fully saturated rings. The summed E-state index contributed by atoms with van der Waals surface area (Å²) in [7, 11) is 3.61. The third-order valence-corrected chi connectivity index (χ3v) is 2.33. The Morgan fingerprint density at radius 1 is 1.36 bits per heavy atom. The Morgan fingerprint density at radius 2 is 2.00 bits per heavy atom. The summed E-state index contributed by atoms with van der Waals surface area (Å²) in [6.45, 7) is 0.899. The Hall–Kier alpha value is 0.810. The number of halogens is 2. The molecular formula is C7H13I2NO4. The van der Waals surface area contributed by atoms with Crippen molar-refractivity contribution in [3.05, 3.63) is 0 Å². The summed E-state index contributed by atoms with van der Waals surface area (Å²) >= 11 is 3.53. The molecule has 0 spiro atoms. The highest BCUT2D eigenvalue weighted by Crippen LogP contribution is 2.02. The van der Waals surface area contributed by atoms with E-state index in [1.807, 2.05) is 14.1 Å². The highest BCUT2D eigenvalue weighted by atomic mass is 127. The second-order valence-corrected chi connectivity index (χ2v) is 4.04. The molecule has 0 aromatic heterocycles. The molecular weight excluding hydrogens is 416 g/mol. The first-order chi connectivity index (χ1) is 6.60. The van der Waals surface area contributed by atoms with Gasteiger partial charge >= 0.3 is 5.97 Å². The van der Waals surface area contributed by atoms with E-state index < -0.39 is 0 Å². The van der Waals surface area contributed by atoms with Crippen LogP contribution in [-0.2, 0) is 15.7 Å². The zero-order valence-corrected chi connectivity index (χ0v) is 12.3. The van der Waals surface area contributed by atoms with Crippen LogP contribution in [0.3, 0.4) is 0 Å². The third-order valence-electron chi connectivity index (χ3n) is 1.25. The molecule has 0 saturated heterocycles. The van der Waals surface area contributed by atoms with Crippen LogP contribution >= 0.6 is 46.0 Å². The van der Waals surface area contributed by atoms with Gasteiger partial charge in [0.05, 0.1) is 13.2 Å². The summed E-state index contributed by atoms with van der Waals surface area (Å²) in [5, 5.41) is 0. The van der Waals surface area contributed by atoms with Crippen LogP contribution < -0.4 is 0 Å². The van der Waals surface area contributed by atoms with Crippen LogP contribution in [0.2, 0.25) is 0 Å². The van der Waals surface area contributed by atoms with Crippen LogP contribution in [-0.4, -0.2) is 50.8 Å². The van der Waals surface area contributed by atoms with E-state index in [4.69, 9.17) is 10.9 Å². The molecule has 0 N–H and O–H groups in total. The second-order valence-electron chi connectivity index (χ2n) is 2.91. The van der Waals surface area contributed by atoms with Gasteiger partial charge in [0.15, 0.2) is 0 Å². The van der Waals surface area contributed by atoms with E-state index in [1.54, 1.807) is 50.9 Å². The fourth-order valence-electron chi connectivity index (χ4n) is 0.660. The van der Waals surface area contributed by atoms with E-state index in [-0.39, 0.29) is 25.2 Å². The molecule has 0 rings (SSSR count). The number of likely N-dealkylation sites (N-methyl/N-ethyl adjacent to an activating group) is 1. The van der Waals surface area contributed by atoms with Crippen LogP contribution in [0, 0.1) is 0 Å². The van der Waals surface area contributed by atoms with Gasteiger partial charge in [0.2, 0.25) is 0 Å². The van der Waals surface area contributed by atoms with Gasteiger partial charge in [-0.3, -0.25) is 9.69 Å². The van der Waals surface area contributed by atoms with Crippen LogP contribution in [0.4, 0.5) is 0 Å². The standard InChI is InChI=1S/C7H13I2NO4/c1-10(2)3-7(11)12-4-6(14-9)5-13-8/h6H,3-5H2,1-2H3. The van der Waals surface area contributed by atoms with Crippen LogP contribution in [0.5, 0.6) is 0 Å². The Labute approximate surface area is 112 Å². The van der Waals surface area contributed by atoms with Gasteiger partial charge in [-0.2, -0.15) is 0 Å². The van der Waals surface area contributed by atoms with Crippen molar-refractivity contribution in [2.45, 2.75) is 6.10 Å². The summed E-state index contributed by atoms with van der Waals surface area (Å²) in [6, 6.07) is 0. The largest absolute Gasteiger partial charge is 0.462 e. The molecule has 1 unspecified atom stereocenters. The van der Waals surface area contributed by atoms with Gasteiger partial charge in [-0.25, -0.2) is 0 Å². The van der Waals surface area contributed by atoms with Crippen molar-refractivity contribution in [3.8, 4) is 0 Å². The Bertz CT molecular complexity index is 168. The van der Waals surface area contributed by atoms with E-state index in [0.29, 0.717) is 6.61 Å². The molecule has 0 radical (unpaired) electrons. The van der Waals surface area contributed by atoms with Crippen LogP contribution in [0.15, 0.2) is 0 Å². The molecule has 0 bridgehead atoms. The maximum absolute atomic E-state index is 11.1. The maximum Gasteiger partial charge on any atom is 0.320 e. The first-order valence-electron chi connectivity index (χ1n) is 3.91. The molecule has 0 aliphatic heterocycles. The van der Waals surface area contributed by atoms with Crippen molar-refractivity contribution in [1.29, 1.82) is 0 Å². The number of rotatable bonds is 7. The zero-order valence-electron chi connectivity index (χ0n) is 8.03. The summed E-state index contributed by atoms with van der Waals surface area (Å²) in [5.41, 5.74) is 0.